The van der Waals surface area contributed by atoms with Crippen LogP contribution in [0.3, 0.4) is 0 Å². The quantitative estimate of drug-likeness (QED) is 0.568. The van der Waals surface area contributed by atoms with E-state index in [1.54, 1.807) is 6.07 Å². The molecule has 0 saturated heterocycles. The number of nitrogens with zero attached hydrogens (tertiary/aromatic N) is 2. The van der Waals surface area contributed by atoms with Gasteiger partial charge in [0.1, 0.15) is 0 Å². The zero-order valence-electron chi connectivity index (χ0n) is 8.79. The second kappa shape index (κ2) is 11.6. The maximum atomic E-state index is 12.1. The van der Waals surface area contributed by atoms with Crippen molar-refractivity contribution in [1.29, 1.82) is 5.53 Å². The second-order valence-corrected chi connectivity index (χ2v) is 1.81. The first kappa shape index (κ1) is 15.1. The van der Waals surface area contributed by atoms with Gasteiger partial charge in [-0.1, -0.05) is 19.9 Å². The lowest BCUT2D eigenvalue weighted by Crippen LogP contribution is -1.84. The lowest BCUT2D eigenvalue weighted by atomic mass is 10.3. The van der Waals surface area contributed by atoms with Gasteiger partial charge in [0.15, 0.2) is 0 Å². The van der Waals surface area contributed by atoms with Crippen molar-refractivity contribution >= 4 is 0 Å². The fourth-order valence-corrected chi connectivity index (χ4v) is 0.591. The predicted molar refractivity (Wildman–Crippen MR) is 54.5 cm³/mol. The van der Waals surface area contributed by atoms with Crippen LogP contribution >= 0.6 is 0 Å². The van der Waals surface area contributed by atoms with Crippen LogP contribution < -0.4 is 5.73 Å². The van der Waals surface area contributed by atoms with Crippen LogP contribution in [0.4, 0.5) is 4.39 Å². The molecule has 0 aliphatic carbocycles. The van der Waals surface area contributed by atoms with Crippen molar-refractivity contribution in [3.63, 3.8) is 0 Å². The van der Waals surface area contributed by atoms with E-state index in [-0.39, 0.29) is 6.54 Å². The van der Waals surface area contributed by atoms with Gasteiger partial charge in [0.2, 0.25) is 5.95 Å². The Morgan fingerprint density at radius 2 is 2.00 bits per heavy atom. The Morgan fingerprint density at radius 3 is 2.36 bits per heavy atom. The number of pyridine rings is 1. The predicted octanol–water partition coefficient (Wildman–Crippen LogP) is 2.35. The van der Waals surface area contributed by atoms with Crippen LogP contribution in [-0.4, -0.2) is 12.0 Å². The maximum Gasteiger partial charge on any atom is 0.212 e. The Bertz CT molecular complexity index is 223. The molecule has 3 N–H and O–H groups in total. The molecule has 0 unspecified atom stereocenters. The molecule has 0 amide bonds. The van der Waals surface area contributed by atoms with E-state index in [2.05, 4.69) is 15.8 Å². The number of rotatable bonds is 2. The Labute approximate surface area is 83.9 Å². The van der Waals surface area contributed by atoms with Crippen molar-refractivity contribution in [2.75, 3.05) is 7.05 Å². The fraction of sp³-hybridized carbons (Fsp3) is 0.444. The molecule has 0 aliphatic rings. The van der Waals surface area contributed by atoms with E-state index in [9.17, 15) is 4.39 Å². The Hall–Kier alpha value is -1.36. The number of hydrogen-bond donors (Lipinski definition) is 2. The van der Waals surface area contributed by atoms with Gasteiger partial charge in [0, 0.05) is 6.20 Å². The smallest absolute Gasteiger partial charge is 0.212 e. The minimum Gasteiger partial charge on any atom is -0.333 e. The number of aromatic nitrogens is 1. The zero-order chi connectivity index (χ0) is 11.4. The Morgan fingerprint density at radius 1 is 1.43 bits per heavy atom. The molecule has 0 spiro atoms. The monoisotopic (exact) mass is 200 g/mol. The highest BCUT2D eigenvalue weighted by molar-refractivity contribution is 5.08. The summed E-state index contributed by atoms with van der Waals surface area (Å²) in [6.07, 6.45) is 1.37. The molecule has 0 aromatic carbocycles. The fourth-order valence-electron chi connectivity index (χ4n) is 0.591. The van der Waals surface area contributed by atoms with E-state index in [0.717, 1.165) is 5.56 Å². The van der Waals surface area contributed by atoms with Gasteiger partial charge in [-0.2, -0.15) is 9.50 Å². The summed E-state index contributed by atoms with van der Waals surface area (Å²) in [5, 5.41) is 3.12. The van der Waals surface area contributed by atoms with Crippen LogP contribution in [0.5, 0.6) is 0 Å². The van der Waals surface area contributed by atoms with Crippen molar-refractivity contribution in [3.8, 4) is 0 Å². The molecule has 1 rings (SSSR count). The molecule has 0 bridgehead atoms. The van der Waals surface area contributed by atoms with Gasteiger partial charge in [0.05, 0.1) is 6.54 Å². The normalized spacial score (nSPS) is 7.50. The van der Waals surface area contributed by atoms with Gasteiger partial charge in [-0.15, -0.1) is 0 Å². The molecule has 0 atom stereocenters. The molecular weight excluding hydrogens is 183 g/mol. The summed E-state index contributed by atoms with van der Waals surface area (Å²) >= 11 is 0. The molecule has 4 nitrogen and oxygen atoms in total. The zero-order valence-corrected chi connectivity index (χ0v) is 8.79. The molecule has 5 heteroatoms. The van der Waals surface area contributed by atoms with Crippen molar-refractivity contribution in [3.05, 3.63) is 29.8 Å². The highest BCUT2D eigenvalue weighted by Crippen LogP contribution is 1.99. The van der Waals surface area contributed by atoms with Crippen LogP contribution in [0.25, 0.3) is 0 Å². The molecule has 0 aliphatic heterocycles. The Kier molecular flexibility index (Phi) is 12.6. The van der Waals surface area contributed by atoms with E-state index in [1.165, 1.54) is 19.3 Å². The molecule has 0 saturated carbocycles. The average molecular weight is 200 g/mol. The van der Waals surface area contributed by atoms with Gasteiger partial charge < -0.3 is 5.73 Å². The van der Waals surface area contributed by atoms with Gasteiger partial charge >= 0.3 is 0 Å². The SMILES string of the molecule is CC.CN.N=NCc1ccc(F)nc1. The van der Waals surface area contributed by atoms with Crippen LogP contribution in [0.1, 0.15) is 19.4 Å². The van der Waals surface area contributed by atoms with Gasteiger partial charge in [-0.25, -0.2) is 10.5 Å². The first-order valence-corrected chi connectivity index (χ1v) is 4.34. The lowest BCUT2D eigenvalue weighted by Gasteiger charge is -1.91. The van der Waals surface area contributed by atoms with E-state index in [0.29, 0.717) is 0 Å². The molecule has 0 fully saturated rings. The summed E-state index contributed by atoms with van der Waals surface area (Å²) in [5.74, 6) is -0.506. The molecule has 14 heavy (non-hydrogen) atoms. The summed E-state index contributed by atoms with van der Waals surface area (Å²) in [6, 6.07) is 2.81. The summed E-state index contributed by atoms with van der Waals surface area (Å²) in [4.78, 5) is 3.39. The van der Waals surface area contributed by atoms with Crippen LogP contribution in [-0.2, 0) is 6.54 Å². The van der Waals surface area contributed by atoms with Gasteiger partial charge in [-0.05, 0) is 18.7 Å². The lowest BCUT2D eigenvalue weighted by molar-refractivity contribution is 0.582. The largest absolute Gasteiger partial charge is 0.333 e. The van der Waals surface area contributed by atoms with Crippen LogP contribution in [0.15, 0.2) is 23.4 Å². The number of hydrogen-bond acceptors (Lipinski definition) is 4. The molecule has 1 aromatic rings. The van der Waals surface area contributed by atoms with Gasteiger partial charge in [0.25, 0.3) is 0 Å². The molecule has 0 radical (unpaired) electrons. The van der Waals surface area contributed by atoms with E-state index in [4.69, 9.17) is 5.53 Å². The second-order valence-electron chi connectivity index (χ2n) is 1.81. The summed E-state index contributed by atoms with van der Waals surface area (Å²) < 4.78 is 12.1. The van der Waals surface area contributed by atoms with E-state index in [1.807, 2.05) is 13.8 Å². The topological polar surface area (TPSA) is 75.1 Å². The number of halogens is 1. The molecule has 80 valence electrons. The van der Waals surface area contributed by atoms with Crippen LogP contribution in [0.2, 0.25) is 0 Å². The van der Waals surface area contributed by atoms with Crippen molar-refractivity contribution in [1.82, 2.24) is 4.98 Å². The van der Waals surface area contributed by atoms with Crippen molar-refractivity contribution in [2.45, 2.75) is 20.4 Å². The summed E-state index contributed by atoms with van der Waals surface area (Å²) in [7, 11) is 1.50. The van der Waals surface area contributed by atoms with E-state index < -0.39 is 5.95 Å². The minimum absolute atomic E-state index is 0.271. The third-order valence-electron chi connectivity index (χ3n) is 1.05. The summed E-state index contributed by atoms with van der Waals surface area (Å²) in [5.41, 5.74) is 11.7. The highest BCUT2D eigenvalue weighted by Gasteiger charge is 1.91. The summed E-state index contributed by atoms with van der Waals surface area (Å²) in [6.45, 7) is 4.27. The first-order chi connectivity index (χ1) is 6.83. The third kappa shape index (κ3) is 7.30. The third-order valence-corrected chi connectivity index (χ3v) is 1.05. The maximum absolute atomic E-state index is 12.1. The van der Waals surface area contributed by atoms with E-state index >= 15 is 0 Å². The van der Waals surface area contributed by atoms with Crippen LogP contribution in [0, 0.1) is 11.5 Å². The number of nitrogens with two attached hydrogens (primary N) is 1. The molecular formula is C9H17FN4. The average Bonchev–Trinajstić information content (AvgIpc) is 2.28. The molecule has 1 aromatic heterocycles. The Balaban J connectivity index is 0. The number of nitrogens with one attached hydrogen (secondary N) is 1. The minimum atomic E-state index is -0.506. The highest BCUT2D eigenvalue weighted by atomic mass is 19.1. The van der Waals surface area contributed by atoms with Crippen molar-refractivity contribution in [2.24, 2.45) is 10.8 Å². The van der Waals surface area contributed by atoms with Crippen molar-refractivity contribution < 1.29 is 4.39 Å². The molecule has 1 heterocycles. The standard InChI is InChI=1S/C6H6FN3.C2H6.CH5N/c7-6-2-1-5(3-9-6)4-10-8;2*1-2/h1-3,8H,4H2;1-2H3;2H2,1H3. The van der Waals surface area contributed by atoms with Gasteiger partial charge in [-0.3, -0.25) is 0 Å². The first-order valence-electron chi connectivity index (χ1n) is 4.34.